The Morgan fingerprint density at radius 1 is 1.38 bits per heavy atom. The molecule has 1 heterocycles. The number of phenolic OH excluding ortho intramolecular Hbond substituents is 1. The largest absolute Gasteiger partial charge is 0.507 e. The molecule has 0 unspecified atom stereocenters. The van der Waals surface area contributed by atoms with Crippen LogP contribution in [-0.4, -0.2) is 17.8 Å². The van der Waals surface area contributed by atoms with Gasteiger partial charge in [-0.3, -0.25) is 0 Å². The zero-order valence-corrected chi connectivity index (χ0v) is 9.41. The second kappa shape index (κ2) is 4.04. The lowest BCUT2D eigenvalue weighted by molar-refractivity contribution is 0.115. The van der Waals surface area contributed by atoms with Crippen molar-refractivity contribution in [2.24, 2.45) is 0 Å². The van der Waals surface area contributed by atoms with Crippen LogP contribution >= 0.6 is 0 Å². The number of aromatic hydroxyl groups is 1. The summed E-state index contributed by atoms with van der Waals surface area (Å²) in [5, 5.41) is 12.4. The number of hydrogen-bond donors (Lipinski definition) is 2. The fraction of sp³-hybridized carbons (Fsp3) is 0.417. The van der Waals surface area contributed by atoms with Crippen LogP contribution in [0.2, 0.25) is 0 Å². The van der Waals surface area contributed by atoms with E-state index in [1.54, 1.807) is 0 Å². The number of aryl methyl sites for hydroxylation is 2. The molecule has 16 heavy (non-hydrogen) atoms. The third kappa shape index (κ3) is 1.96. The van der Waals surface area contributed by atoms with E-state index < -0.39 is 0 Å². The molecule has 0 saturated carbocycles. The van der Waals surface area contributed by atoms with Gasteiger partial charge in [-0.2, -0.15) is 0 Å². The molecule has 1 amide bonds. The van der Waals surface area contributed by atoms with Crippen molar-refractivity contribution in [2.45, 2.75) is 26.3 Å². The quantitative estimate of drug-likeness (QED) is 0.764. The molecule has 1 atom stereocenters. The van der Waals surface area contributed by atoms with Gasteiger partial charge in [0.15, 0.2) is 0 Å². The zero-order valence-electron chi connectivity index (χ0n) is 9.41. The van der Waals surface area contributed by atoms with Crippen LogP contribution in [0.4, 0.5) is 4.79 Å². The zero-order chi connectivity index (χ0) is 11.7. The molecule has 0 radical (unpaired) electrons. The minimum absolute atomic E-state index is 0.0146. The molecule has 1 aromatic rings. The standard InChI is InChI=1S/C12H15NO3/c1-7-5-9(6-8(2)11(7)14)10-3-4-16-12(15)13-10/h5-6,10,14H,3-4H2,1-2H3,(H,13,15)/t10-/m1/s1. The number of carbonyl (C=O) groups excluding carboxylic acids is 1. The maximum absolute atomic E-state index is 11.1. The van der Waals surface area contributed by atoms with Crippen molar-refractivity contribution in [2.75, 3.05) is 6.61 Å². The maximum atomic E-state index is 11.1. The van der Waals surface area contributed by atoms with Gasteiger partial charge in [0.25, 0.3) is 0 Å². The van der Waals surface area contributed by atoms with Crippen molar-refractivity contribution >= 4 is 6.09 Å². The number of ether oxygens (including phenoxy) is 1. The Bertz CT molecular complexity index is 405. The summed E-state index contributed by atoms with van der Waals surface area (Å²) in [7, 11) is 0. The van der Waals surface area contributed by atoms with E-state index in [-0.39, 0.29) is 12.1 Å². The van der Waals surface area contributed by atoms with Crippen molar-refractivity contribution in [1.82, 2.24) is 5.32 Å². The molecule has 0 spiro atoms. The molecule has 86 valence electrons. The lowest BCUT2D eigenvalue weighted by atomic mass is 9.98. The van der Waals surface area contributed by atoms with Crippen molar-refractivity contribution in [3.05, 3.63) is 28.8 Å². The Morgan fingerprint density at radius 3 is 2.56 bits per heavy atom. The highest BCUT2D eigenvalue weighted by Crippen LogP contribution is 2.28. The maximum Gasteiger partial charge on any atom is 0.407 e. The SMILES string of the molecule is Cc1cc([C@H]2CCOC(=O)N2)cc(C)c1O. The first-order valence-corrected chi connectivity index (χ1v) is 5.31. The van der Waals surface area contributed by atoms with E-state index in [2.05, 4.69) is 5.32 Å². The van der Waals surface area contributed by atoms with E-state index in [0.717, 1.165) is 23.1 Å². The highest BCUT2D eigenvalue weighted by atomic mass is 16.5. The van der Waals surface area contributed by atoms with Crippen LogP contribution in [0.5, 0.6) is 5.75 Å². The molecule has 0 bridgehead atoms. The molecule has 2 rings (SSSR count). The summed E-state index contributed by atoms with van der Waals surface area (Å²) in [4.78, 5) is 11.1. The van der Waals surface area contributed by atoms with Crippen LogP contribution in [0.15, 0.2) is 12.1 Å². The van der Waals surface area contributed by atoms with Crippen LogP contribution in [0.25, 0.3) is 0 Å². The van der Waals surface area contributed by atoms with Gasteiger partial charge in [-0.1, -0.05) is 12.1 Å². The minimum atomic E-state index is -0.375. The second-order valence-corrected chi connectivity index (χ2v) is 4.12. The van der Waals surface area contributed by atoms with Crippen molar-refractivity contribution in [1.29, 1.82) is 0 Å². The van der Waals surface area contributed by atoms with Gasteiger partial charge in [0.05, 0.1) is 12.6 Å². The average molecular weight is 221 g/mol. The first kappa shape index (κ1) is 10.8. The summed E-state index contributed by atoms with van der Waals surface area (Å²) in [6, 6.07) is 3.79. The lowest BCUT2D eigenvalue weighted by Gasteiger charge is -2.24. The average Bonchev–Trinajstić information content (AvgIpc) is 2.25. The first-order chi connectivity index (χ1) is 7.58. The van der Waals surface area contributed by atoms with E-state index in [1.165, 1.54) is 0 Å². The molecular formula is C12H15NO3. The molecule has 4 heteroatoms. The van der Waals surface area contributed by atoms with Gasteiger partial charge >= 0.3 is 6.09 Å². The minimum Gasteiger partial charge on any atom is -0.507 e. The topological polar surface area (TPSA) is 58.6 Å². The predicted octanol–water partition coefficient (Wildman–Crippen LogP) is 2.18. The third-order valence-electron chi connectivity index (χ3n) is 2.85. The van der Waals surface area contributed by atoms with Crippen LogP contribution in [0.3, 0.4) is 0 Å². The Labute approximate surface area is 94.2 Å². The van der Waals surface area contributed by atoms with E-state index in [4.69, 9.17) is 4.74 Å². The fourth-order valence-electron chi connectivity index (χ4n) is 1.97. The molecular weight excluding hydrogens is 206 g/mol. The number of alkyl carbamates (subject to hydrolysis) is 1. The molecule has 1 aromatic carbocycles. The van der Waals surface area contributed by atoms with Crippen molar-refractivity contribution < 1.29 is 14.6 Å². The van der Waals surface area contributed by atoms with Gasteiger partial charge in [0.1, 0.15) is 5.75 Å². The molecule has 0 aromatic heterocycles. The van der Waals surface area contributed by atoms with Crippen LogP contribution in [-0.2, 0) is 4.74 Å². The molecule has 2 N–H and O–H groups in total. The number of rotatable bonds is 1. The third-order valence-corrected chi connectivity index (χ3v) is 2.85. The monoisotopic (exact) mass is 221 g/mol. The number of nitrogens with one attached hydrogen (secondary N) is 1. The van der Waals surface area contributed by atoms with Crippen LogP contribution in [0.1, 0.15) is 29.2 Å². The van der Waals surface area contributed by atoms with Crippen LogP contribution < -0.4 is 5.32 Å². The fourth-order valence-corrected chi connectivity index (χ4v) is 1.97. The molecule has 1 aliphatic heterocycles. The molecule has 1 saturated heterocycles. The number of carbonyl (C=O) groups is 1. The van der Waals surface area contributed by atoms with Gasteiger partial charge in [-0.05, 0) is 30.5 Å². The molecule has 0 aliphatic carbocycles. The van der Waals surface area contributed by atoms with Crippen LogP contribution in [0, 0.1) is 13.8 Å². The van der Waals surface area contributed by atoms with Gasteiger partial charge < -0.3 is 15.2 Å². The molecule has 1 fully saturated rings. The summed E-state index contributed by atoms with van der Waals surface area (Å²) in [5.41, 5.74) is 2.68. The Morgan fingerprint density at radius 2 is 2.00 bits per heavy atom. The van der Waals surface area contributed by atoms with E-state index >= 15 is 0 Å². The number of cyclic esters (lactones) is 1. The van der Waals surface area contributed by atoms with Gasteiger partial charge in [-0.25, -0.2) is 4.79 Å². The van der Waals surface area contributed by atoms with Gasteiger partial charge in [0, 0.05) is 6.42 Å². The number of hydrogen-bond acceptors (Lipinski definition) is 3. The Kier molecular flexibility index (Phi) is 2.73. The number of phenols is 1. The van der Waals surface area contributed by atoms with E-state index in [1.807, 2.05) is 26.0 Å². The lowest BCUT2D eigenvalue weighted by Crippen LogP contribution is -2.35. The van der Waals surface area contributed by atoms with Gasteiger partial charge in [-0.15, -0.1) is 0 Å². The van der Waals surface area contributed by atoms with Crippen molar-refractivity contribution in [3.63, 3.8) is 0 Å². The second-order valence-electron chi connectivity index (χ2n) is 4.12. The molecule has 1 aliphatic rings. The Hall–Kier alpha value is -1.71. The number of amides is 1. The summed E-state index contributed by atoms with van der Waals surface area (Å²) in [6.45, 7) is 4.15. The van der Waals surface area contributed by atoms with E-state index in [9.17, 15) is 9.90 Å². The van der Waals surface area contributed by atoms with Gasteiger partial charge in [0.2, 0.25) is 0 Å². The number of benzene rings is 1. The summed E-state index contributed by atoms with van der Waals surface area (Å²) in [5.74, 6) is 0.321. The highest BCUT2D eigenvalue weighted by Gasteiger charge is 2.21. The smallest absolute Gasteiger partial charge is 0.407 e. The predicted molar refractivity (Wildman–Crippen MR) is 59.4 cm³/mol. The highest BCUT2D eigenvalue weighted by molar-refractivity contribution is 5.68. The van der Waals surface area contributed by atoms with E-state index in [0.29, 0.717) is 12.4 Å². The first-order valence-electron chi connectivity index (χ1n) is 5.31. The normalized spacial score (nSPS) is 20.1. The summed E-state index contributed by atoms with van der Waals surface area (Å²) in [6.07, 6.45) is 0.384. The summed E-state index contributed by atoms with van der Waals surface area (Å²) >= 11 is 0. The summed E-state index contributed by atoms with van der Waals surface area (Å²) < 4.78 is 4.81. The van der Waals surface area contributed by atoms with Crippen molar-refractivity contribution in [3.8, 4) is 5.75 Å². The molecule has 4 nitrogen and oxygen atoms in total. The Balaban J connectivity index is 2.30.